The molecular formula is C72H98F2N4O14. The van der Waals surface area contributed by atoms with E-state index in [9.17, 15) is 37.5 Å². The highest BCUT2D eigenvalue weighted by atomic mass is 19.1. The zero-order valence-electron chi connectivity index (χ0n) is 54.2. The number of carbonyl (C=O) groups excluding carboxylic acids is 6. The molecule has 12 rings (SSSR count). The first-order valence-corrected chi connectivity index (χ1v) is 34.5. The van der Waals surface area contributed by atoms with Crippen molar-refractivity contribution in [1.82, 2.24) is 9.80 Å². The maximum absolute atomic E-state index is 14.3. The maximum atomic E-state index is 14.3. The van der Waals surface area contributed by atoms with Crippen molar-refractivity contribution < 1.29 is 74.8 Å². The van der Waals surface area contributed by atoms with Crippen LogP contribution in [0.25, 0.3) is 21.9 Å². The number of hydrogen-bond acceptors (Lipinski definition) is 16. The van der Waals surface area contributed by atoms with Crippen molar-refractivity contribution in [3.63, 3.8) is 0 Å². The van der Waals surface area contributed by atoms with E-state index in [-0.39, 0.29) is 108 Å². The maximum Gasteiger partial charge on any atom is 0.374 e. The molecular weight excluding hydrogens is 1180 g/mol. The number of amides is 2. The molecule has 504 valence electrons. The number of methoxy groups -OCH3 is 3. The fourth-order valence-corrected chi connectivity index (χ4v) is 17.1. The molecule has 4 N–H and O–H groups in total. The molecule has 7 atom stereocenters. The van der Waals surface area contributed by atoms with E-state index in [0.717, 1.165) is 125 Å². The van der Waals surface area contributed by atoms with Crippen molar-refractivity contribution in [3.05, 3.63) is 71.2 Å². The summed E-state index contributed by atoms with van der Waals surface area (Å²) in [7, 11) is 5.22. The fourth-order valence-electron chi connectivity index (χ4n) is 17.1. The van der Waals surface area contributed by atoms with E-state index in [4.69, 9.17) is 48.7 Å². The lowest BCUT2D eigenvalue weighted by Gasteiger charge is -2.37. The van der Waals surface area contributed by atoms with Crippen LogP contribution in [0.4, 0.5) is 8.78 Å². The van der Waals surface area contributed by atoms with Gasteiger partial charge in [0.1, 0.15) is 30.6 Å². The minimum absolute atomic E-state index is 0.0524. The SMILES string of the molecule is COC1CCC([C@@H]2CCN(C(=O)C3CCC([C@H](N)CF)CC3)[C@@H]2C(=O)Cc2ccc3oc(C(=O)OC4CCOC4)cc3c2)CC1.COC1CCC([C@@H]2CCN(C(=O)C3CCC([C@H](N)CF)CC3)[C@@H]2C(=O)Cc2ccc3oc(C(=O)OCC4CC(OC)C4)cc3c2)CC1. The van der Waals surface area contributed by atoms with Crippen molar-refractivity contribution in [1.29, 1.82) is 0 Å². The van der Waals surface area contributed by atoms with E-state index in [1.807, 2.05) is 34.1 Å². The Bertz CT molecular complexity index is 3140. The number of ether oxygens (including phenoxy) is 6. The number of nitrogens with zero attached hydrogens (tertiary/aromatic N) is 2. The Kier molecular flexibility index (Phi) is 23.0. The van der Waals surface area contributed by atoms with Crippen molar-refractivity contribution >= 4 is 57.3 Å². The summed E-state index contributed by atoms with van der Waals surface area (Å²) in [5.74, 6) is 0.699. The number of nitrogens with two attached hydrogens (primary N) is 2. The number of furan rings is 2. The minimum Gasteiger partial charge on any atom is -0.460 e. The van der Waals surface area contributed by atoms with Crippen LogP contribution in [0.15, 0.2) is 57.4 Å². The smallest absolute Gasteiger partial charge is 0.374 e. The Hall–Kier alpha value is -5.64. The number of hydrogen-bond donors (Lipinski definition) is 2. The molecule has 20 heteroatoms. The van der Waals surface area contributed by atoms with Gasteiger partial charge in [-0.05, 0) is 217 Å². The number of esters is 2. The summed E-state index contributed by atoms with van der Waals surface area (Å²) in [4.78, 5) is 85.6. The van der Waals surface area contributed by atoms with E-state index >= 15 is 0 Å². The Labute approximate surface area is 539 Å². The van der Waals surface area contributed by atoms with Gasteiger partial charge in [0.15, 0.2) is 11.6 Å². The van der Waals surface area contributed by atoms with Crippen molar-refractivity contribution in [2.45, 2.75) is 196 Å². The van der Waals surface area contributed by atoms with Gasteiger partial charge in [-0.25, -0.2) is 18.4 Å². The van der Waals surface area contributed by atoms with Crippen LogP contribution < -0.4 is 11.5 Å². The first kappa shape index (κ1) is 67.8. The summed E-state index contributed by atoms with van der Waals surface area (Å²) in [6, 6.07) is 12.6. The molecule has 2 aromatic heterocycles. The summed E-state index contributed by atoms with van der Waals surface area (Å²) in [6.07, 6.45) is 18.6. The molecule has 92 heavy (non-hydrogen) atoms. The topological polar surface area (TPSA) is 243 Å². The van der Waals surface area contributed by atoms with Gasteiger partial charge in [0.2, 0.25) is 23.3 Å². The highest BCUT2D eigenvalue weighted by Gasteiger charge is 2.49. The molecule has 2 aromatic carbocycles. The molecule has 5 aliphatic carbocycles. The number of alkyl halides is 2. The Morgan fingerprint density at radius 1 is 0.533 bits per heavy atom. The van der Waals surface area contributed by atoms with Gasteiger partial charge in [0.25, 0.3) is 0 Å². The lowest BCUT2D eigenvalue weighted by Crippen LogP contribution is -2.48. The molecule has 0 radical (unpaired) electrons. The van der Waals surface area contributed by atoms with Gasteiger partial charge < -0.3 is 58.5 Å². The number of likely N-dealkylation sites (tertiary alicyclic amines) is 2. The fraction of sp³-hybridized carbons (Fsp3) is 0.694. The van der Waals surface area contributed by atoms with Crippen molar-refractivity contribution in [2.24, 2.45) is 64.7 Å². The number of rotatable bonds is 22. The quantitative estimate of drug-likeness (QED) is 0.0695. The number of benzene rings is 2. The molecule has 2 amide bonds. The first-order chi connectivity index (χ1) is 44.6. The third kappa shape index (κ3) is 15.8. The van der Waals surface area contributed by atoms with Gasteiger partial charge in [-0.3, -0.25) is 19.2 Å². The van der Waals surface area contributed by atoms with Gasteiger partial charge in [-0.2, -0.15) is 0 Å². The average Bonchev–Trinajstić information content (AvgIpc) is 1.63. The lowest BCUT2D eigenvalue weighted by molar-refractivity contribution is -0.143. The van der Waals surface area contributed by atoms with E-state index in [0.29, 0.717) is 93.9 Å². The van der Waals surface area contributed by atoms with Gasteiger partial charge in [0, 0.05) is 88.4 Å². The first-order valence-electron chi connectivity index (χ1n) is 34.5. The summed E-state index contributed by atoms with van der Waals surface area (Å²) >= 11 is 0. The Morgan fingerprint density at radius 2 is 0.978 bits per heavy atom. The standard InChI is InChI=1S/C37H51FN2O7.C35H47FN2O7/c1-44-28-10-8-24(9-11-28)30-13-14-40(36(42)26-6-4-25(5-7-26)31(39)20-38)35(30)32(41)18-22-3-12-33-27(15-22)19-34(47-33)37(43)46-21-23-16-29(17-23)45-2;1-42-26-9-7-22(8-10-26)28-12-14-38(34(40)24-5-3-23(4-6-24)29(37)19-36)33(28)30(39)17-21-2-11-31-25(16-21)18-32(45-31)35(41)44-27-13-15-43-20-27/h3,12,15,19,23-26,28-31,35H,4-11,13-14,16-18,20-21,39H2,1-2H3;2,11,16,18,22-24,26-29,33H,3-10,12-15,17,19-20,37H2,1H3/t23?,24?,25?,26?,28?,29?,30-,31+,35-;22?,23?,24?,26?,27?,28-,29+,33-/m00/s1. The van der Waals surface area contributed by atoms with Gasteiger partial charge >= 0.3 is 11.9 Å². The van der Waals surface area contributed by atoms with Crippen LogP contribution in [-0.4, -0.2) is 161 Å². The molecule has 3 aliphatic heterocycles. The number of halogens is 2. The summed E-state index contributed by atoms with van der Waals surface area (Å²) < 4.78 is 70.8. The molecule has 5 heterocycles. The number of carbonyl (C=O) groups is 6. The third-order valence-electron chi connectivity index (χ3n) is 22.7. The average molecular weight is 1280 g/mol. The highest BCUT2D eigenvalue weighted by molar-refractivity contribution is 5.96. The summed E-state index contributed by atoms with van der Waals surface area (Å²) in [6.45, 7) is 1.41. The van der Waals surface area contributed by atoms with Crippen LogP contribution in [0.2, 0.25) is 0 Å². The van der Waals surface area contributed by atoms with Crippen molar-refractivity contribution in [3.8, 4) is 0 Å². The molecule has 5 saturated carbocycles. The lowest BCUT2D eigenvalue weighted by atomic mass is 9.74. The molecule has 8 aliphatic rings. The molecule has 8 fully saturated rings. The number of fused-ring (bicyclic) bond motifs is 2. The molecule has 4 aromatic rings. The molecule has 0 bridgehead atoms. The van der Waals surface area contributed by atoms with Gasteiger partial charge in [-0.15, -0.1) is 0 Å². The monoisotopic (exact) mass is 1280 g/mol. The van der Waals surface area contributed by atoms with E-state index < -0.39 is 49.5 Å². The second kappa shape index (κ2) is 31.3. The van der Waals surface area contributed by atoms with Crippen LogP contribution in [0.1, 0.15) is 167 Å². The Morgan fingerprint density at radius 3 is 1.39 bits per heavy atom. The highest BCUT2D eigenvalue weighted by Crippen LogP contribution is 2.45. The van der Waals surface area contributed by atoms with Gasteiger partial charge in [0.05, 0.1) is 50.2 Å². The molecule has 18 nitrogen and oxygen atoms in total. The molecule has 3 saturated heterocycles. The zero-order valence-corrected chi connectivity index (χ0v) is 54.2. The van der Waals surface area contributed by atoms with Crippen LogP contribution in [0.3, 0.4) is 0 Å². The Balaban J connectivity index is 0.000000189. The van der Waals surface area contributed by atoms with Crippen LogP contribution in [0.5, 0.6) is 0 Å². The normalized spacial score (nSPS) is 31.5. The predicted octanol–water partition coefficient (Wildman–Crippen LogP) is 10.7. The molecule has 1 unspecified atom stereocenters. The van der Waals surface area contributed by atoms with Crippen LogP contribution in [0, 0.1) is 53.3 Å². The second-order valence-electron chi connectivity index (χ2n) is 28.2. The van der Waals surface area contributed by atoms with Crippen LogP contribution in [-0.2, 0) is 60.4 Å². The minimum atomic E-state index is -0.537. The van der Waals surface area contributed by atoms with Crippen LogP contribution >= 0.6 is 0 Å². The van der Waals surface area contributed by atoms with Gasteiger partial charge in [-0.1, -0.05) is 12.1 Å². The number of Topliss-reactive ketones (excluding diaryl/α,β-unsaturated/α-hetero) is 2. The van der Waals surface area contributed by atoms with Crippen molar-refractivity contribution in [2.75, 3.05) is 67.6 Å². The predicted molar refractivity (Wildman–Crippen MR) is 340 cm³/mol. The summed E-state index contributed by atoms with van der Waals surface area (Å²) in [5, 5.41) is 1.47. The summed E-state index contributed by atoms with van der Waals surface area (Å²) in [5.41, 5.74) is 14.7. The molecule has 0 spiro atoms. The largest absolute Gasteiger partial charge is 0.460 e. The second-order valence-corrected chi connectivity index (χ2v) is 28.2. The van der Waals surface area contributed by atoms with E-state index in [1.54, 1.807) is 45.6 Å². The van der Waals surface area contributed by atoms with E-state index in [2.05, 4.69) is 0 Å². The third-order valence-corrected chi connectivity index (χ3v) is 22.7. The van der Waals surface area contributed by atoms with E-state index in [1.165, 1.54) is 0 Å². The zero-order chi connectivity index (χ0) is 64.6. The number of ketones is 2.